The lowest BCUT2D eigenvalue weighted by Gasteiger charge is -2.47. The molecule has 1 saturated carbocycles. The van der Waals surface area contributed by atoms with Crippen LogP contribution in [0.15, 0.2) is 55.0 Å². The maximum Gasteiger partial charge on any atom is 0.243 e. The minimum atomic E-state index is -0.811. The van der Waals surface area contributed by atoms with Gasteiger partial charge in [-0.1, -0.05) is 51.1 Å². The summed E-state index contributed by atoms with van der Waals surface area (Å²) in [5.41, 5.74) is 3.25. The number of ether oxygens (including phenoxy) is 1. The number of amides is 1. The number of hydrogen-bond acceptors (Lipinski definition) is 7. The first kappa shape index (κ1) is 27.3. The van der Waals surface area contributed by atoms with Gasteiger partial charge >= 0.3 is 0 Å². The summed E-state index contributed by atoms with van der Waals surface area (Å²) in [5, 5.41) is 26.1. The summed E-state index contributed by atoms with van der Waals surface area (Å²) in [6, 6.07) is 11.6. The molecule has 0 unspecified atom stereocenters. The quantitative estimate of drug-likeness (QED) is 0.367. The van der Waals surface area contributed by atoms with Gasteiger partial charge in [-0.05, 0) is 54.7 Å². The number of aromatic nitrogens is 4. The third-order valence-electron chi connectivity index (χ3n) is 7.63. The van der Waals surface area contributed by atoms with Crippen molar-refractivity contribution in [2.75, 3.05) is 6.54 Å². The Morgan fingerprint density at radius 2 is 1.92 bits per heavy atom. The van der Waals surface area contributed by atoms with Crippen molar-refractivity contribution in [1.29, 1.82) is 0 Å². The van der Waals surface area contributed by atoms with Gasteiger partial charge in [0.15, 0.2) is 0 Å². The van der Waals surface area contributed by atoms with Crippen LogP contribution in [0.1, 0.15) is 69.2 Å². The van der Waals surface area contributed by atoms with Gasteiger partial charge in [-0.2, -0.15) is 15.0 Å². The van der Waals surface area contributed by atoms with E-state index < -0.39 is 12.1 Å². The topological polar surface area (TPSA) is 114 Å². The molecule has 1 aromatic carbocycles. The number of rotatable bonds is 10. The predicted octanol–water partition coefficient (Wildman–Crippen LogP) is 3.39. The Hall–Kier alpha value is -3.30. The van der Waals surface area contributed by atoms with E-state index in [-0.39, 0.29) is 29.5 Å². The Balaban J connectivity index is 1.31. The Kier molecular flexibility index (Phi) is 8.00. The molecule has 0 saturated heterocycles. The number of carbonyl (C=O) groups is 1. The third kappa shape index (κ3) is 7.02. The summed E-state index contributed by atoms with van der Waals surface area (Å²) < 4.78 is 6.42. The van der Waals surface area contributed by atoms with Gasteiger partial charge in [-0.3, -0.25) is 4.79 Å². The first-order valence-corrected chi connectivity index (χ1v) is 13.9. The summed E-state index contributed by atoms with van der Waals surface area (Å²) in [6.07, 6.45) is 9.67. The van der Waals surface area contributed by atoms with E-state index in [1.165, 1.54) is 22.8 Å². The van der Waals surface area contributed by atoms with Crippen LogP contribution in [0.25, 0.3) is 0 Å². The van der Waals surface area contributed by atoms with E-state index in [0.29, 0.717) is 18.8 Å². The molecule has 1 spiro atoms. The molecule has 2 aliphatic rings. The van der Waals surface area contributed by atoms with Crippen LogP contribution in [0.2, 0.25) is 0 Å². The SMILES string of the molecule is CC(C)(C)Cc1cnc2c(c1)[C@@H](NC[C@H](O)[C@H](Cc1ccccc1)NC(=O)Cn1nccn1)CC1(CCC1)O2. The molecule has 39 heavy (non-hydrogen) atoms. The summed E-state index contributed by atoms with van der Waals surface area (Å²) in [6.45, 7) is 6.99. The lowest BCUT2D eigenvalue weighted by molar-refractivity contribution is -0.123. The molecular formula is C30H40N6O3. The molecule has 3 aromatic rings. The van der Waals surface area contributed by atoms with Crippen molar-refractivity contribution in [3.63, 3.8) is 0 Å². The molecule has 3 N–H and O–H groups in total. The number of pyridine rings is 1. The average molecular weight is 533 g/mol. The molecule has 3 atom stereocenters. The molecule has 0 radical (unpaired) electrons. The zero-order chi connectivity index (χ0) is 27.5. The fourth-order valence-corrected chi connectivity index (χ4v) is 5.61. The minimum Gasteiger partial charge on any atom is -0.471 e. The number of aliphatic hydroxyl groups is 1. The van der Waals surface area contributed by atoms with E-state index >= 15 is 0 Å². The highest BCUT2D eigenvalue weighted by Gasteiger charge is 2.46. The van der Waals surface area contributed by atoms with Crippen LogP contribution < -0.4 is 15.4 Å². The molecule has 1 amide bonds. The molecule has 9 nitrogen and oxygen atoms in total. The first-order chi connectivity index (χ1) is 18.7. The highest BCUT2D eigenvalue weighted by atomic mass is 16.5. The molecule has 2 aromatic heterocycles. The first-order valence-electron chi connectivity index (χ1n) is 13.9. The number of hydrogen-bond donors (Lipinski definition) is 3. The van der Waals surface area contributed by atoms with Crippen LogP contribution in [0, 0.1) is 5.41 Å². The van der Waals surface area contributed by atoms with Gasteiger partial charge < -0.3 is 20.5 Å². The van der Waals surface area contributed by atoms with E-state index in [1.54, 1.807) is 0 Å². The molecule has 3 heterocycles. The lowest BCUT2D eigenvalue weighted by Crippen LogP contribution is -2.52. The number of nitrogens with zero attached hydrogens (tertiary/aromatic N) is 4. The van der Waals surface area contributed by atoms with Gasteiger partial charge in [0.2, 0.25) is 11.8 Å². The van der Waals surface area contributed by atoms with Gasteiger partial charge in [0.25, 0.3) is 0 Å². The van der Waals surface area contributed by atoms with Crippen LogP contribution in [0.4, 0.5) is 0 Å². The number of fused-ring (bicyclic) bond motifs is 1. The van der Waals surface area contributed by atoms with Gasteiger partial charge in [0, 0.05) is 30.8 Å². The minimum absolute atomic E-state index is 0.00345. The summed E-state index contributed by atoms with van der Waals surface area (Å²) in [5.74, 6) is 0.457. The Morgan fingerprint density at radius 1 is 1.18 bits per heavy atom. The molecule has 208 valence electrons. The average Bonchev–Trinajstić information content (AvgIpc) is 3.38. The van der Waals surface area contributed by atoms with E-state index in [1.807, 2.05) is 36.5 Å². The van der Waals surface area contributed by atoms with Crippen molar-refractivity contribution in [3.05, 3.63) is 71.7 Å². The third-order valence-corrected chi connectivity index (χ3v) is 7.63. The number of aliphatic hydroxyl groups excluding tert-OH is 1. The zero-order valence-corrected chi connectivity index (χ0v) is 23.1. The molecule has 0 bridgehead atoms. The monoisotopic (exact) mass is 532 g/mol. The summed E-state index contributed by atoms with van der Waals surface area (Å²) in [4.78, 5) is 18.9. The van der Waals surface area contributed by atoms with Crippen molar-refractivity contribution in [2.45, 2.75) is 89.6 Å². The second-order valence-electron chi connectivity index (χ2n) is 12.3. The number of nitrogens with one attached hydrogen (secondary N) is 2. The fourth-order valence-electron chi connectivity index (χ4n) is 5.61. The van der Waals surface area contributed by atoms with Crippen LogP contribution in [-0.4, -0.2) is 55.3 Å². The molecule has 1 fully saturated rings. The van der Waals surface area contributed by atoms with Gasteiger partial charge in [-0.25, -0.2) is 4.98 Å². The summed E-state index contributed by atoms with van der Waals surface area (Å²) >= 11 is 0. The summed E-state index contributed by atoms with van der Waals surface area (Å²) in [7, 11) is 0. The van der Waals surface area contributed by atoms with E-state index in [0.717, 1.165) is 43.2 Å². The van der Waals surface area contributed by atoms with Gasteiger partial charge in [-0.15, -0.1) is 0 Å². The molecule has 9 heteroatoms. The van der Waals surface area contributed by atoms with Crippen molar-refractivity contribution in [3.8, 4) is 5.88 Å². The number of carbonyl (C=O) groups excluding carboxylic acids is 1. The predicted molar refractivity (Wildman–Crippen MR) is 148 cm³/mol. The van der Waals surface area contributed by atoms with Crippen LogP contribution >= 0.6 is 0 Å². The highest BCUT2D eigenvalue weighted by molar-refractivity contribution is 5.75. The van der Waals surface area contributed by atoms with Crippen molar-refractivity contribution >= 4 is 5.91 Å². The molecule has 5 rings (SSSR count). The lowest BCUT2D eigenvalue weighted by atomic mass is 9.73. The smallest absolute Gasteiger partial charge is 0.243 e. The van der Waals surface area contributed by atoms with Gasteiger partial charge in [0.05, 0.1) is 24.5 Å². The highest BCUT2D eigenvalue weighted by Crippen LogP contribution is 2.48. The Bertz CT molecular complexity index is 1240. The zero-order valence-electron chi connectivity index (χ0n) is 23.1. The molecule has 1 aliphatic heterocycles. The normalized spacial score (nSPS) is 19.4. The van der Waals surface area contributed by atoms with E-state index in [2.05, 4.69) is 47.7 Å². The van der Waals surface area contributed by atoms with Crippen LogP contribution in [0.5, 0.6) is 5.88 Å². The molecular weight excluding hydrogens is 492 g/mol. The second-order valence-corrected chi connectivity index (χ2v) is 12.3. The van der Waals surface area contributed by atoms with Crippen molar-refractivity contribution in [2.24, 2.45) is 5.41 Å². The number of benzene rings is 1. The van der Waals surface area contributed by atoms with E-state index in [4.69, 9.17) is 9.72 Å². The maximum absolute atomic E-state index is 12.8. The fraction of sp³-hybridized carbons (Fsp3) is 0.533. The Labute approximate surface area is 230 Å². The van der Waals surface area contributed by atoms with Crippen LogP contribution in [0.3, 0.4) is 0 Å². The van der Waals surface area contributed by atoms with Crippen molar-refractivity contribution < 1.29 is 14.6 Å². The van der Waals surface area contributed by atoms with E-state index in [9.17, 15) is 9.90 Å². The maximum atomic E-state index is 12.8. The van der Waals surface area contributed by atoms with Gasteiger partial charge in [0.1, 0.15) is 12.1 Å². The van der Waals surface area contributed by atoms with Crippen molar-refractivity contribution in [1.82, 2.24) is 30.6 Å². The standard InChI is InChI=1S/C30H40N6O3/c1-29(2,3)16-22-14-23-25(17-30(10-7-11-30)39-28(23)32-18-22)31-19-26(37)24(15-21-8-5-4-6-9-21)35-27(38)20-36-33-12-13-34-36/h4-6,8-9,12-14,18,24-26,31,37H,7,10-11,15-17,19-20H2,1-3H3,(H,35,38)/t24-,25-,26-/m0/s1. The van der Waals surface area contributed by atoms with Crippen LogP contribution in [-0.2, 0) is 24.2 Å². The Morgan fingerprint density at radius 3 is 2.59 bits per heavy atom. The second kappa shape index (κ2) is 11.4. The largest absolute Gasteiger partial charge is 0.471 e. The molecule has 1 aliphatic carbocycles.